The Morgan fingerprint density at radius 2 is 1.63 bits per heavy atom. The molecule has 190 valence electrons. The summed E-state index contributed by atoms with van der Waals surface area (Å²) >= 11 is 0. The summed E-state index contributed by atoms with van der Waals surface area (Å²) in [5.74, 6) is 2.64. The van der Waals surface area contributed by atoms with E-state index >= 15 is 0 Å². The molecule has 1 aliphatic carbocycles. The Balaban J connectivity index is 1.43. The molecule has 0 radical (unpaired) electrons. The van der Waals surface area contributed by atoms with E-state index in [-0.39, 0.29) is 11.4 Å². The highest BCUT2D eigenvalue weighted by molar-refractivity contribution is 6.11. The van der Waals surface area contributed by atoms with Crippen LogP contribution in [0.15, 0.2) is 72.8 Å². The minimum Gasteiger partial charge on any atom is -0.487 e. The van der Waals surface area contributed by atoms with Gasteiger partial charge in [-0.3, -0.25) is 4.79 Å². The maximum absolute atomic E-state index is 12.9. The molecule has 38 heavy (non-hydrogen) atoms. The second kappa shape index (κ2) is 8.62. The number of hydrogen-bond donors (Lipinski definition) is 0. The topological polar surface area (TPSA) is 52.1 Å². The van der Waals surface area contributed by atoms with E-state index in [0.29, 0.717) is 24.2 Å². The summed E-state index contributed by atoms with van der Waals surface area (Å²) in [5.41, 5.74) is 6.29. The first-order valence-electron chi connectivity index (χ1n) is 13.8. The molecule has 3 unspecified atom stereocenters. The molecule has 1 saturated carbocycles. The molecular formula is C34H32N2O2. The predicted molar refractivity (Wildman–Crippen MR) is 153 cm³/mol. The largest absolute Gasteiger partial charge is 0.487 e. The maximum atomic E-state index is 12.9. The lowest BCUT2D eigenvalue weighted by molar-refractivity contribution is -0.0115. The predicted octanol–water partition coefficient (Wildman–Crippen LogP) is 8.05. The van der Waals surface area contributed by atoms with E-state index in [0.717, 1.165) is 56.1 Å². The van der Waals surface area contributed by atoms with Crippen LogP contribution in [-0.4, -0.2) is 21.4 Å². The molecule has 5 aromatic rings. The molecule has 4 heteroatoms. The maximum Gasteiger partial charge on any atom is 0.167 e. The van der Waals surface area contributed by atoms with Gasteiger partial charge < -0.3 is 4.74 Å². The van der Waals surface area contributed by atoms with Crippen molar-refractivity contribution in [3.05, 3.63) is 89.5 Å². The van der Waals surface area contributed by atoms with Gasteiger partial charge in [-0.25, -0.2) is 9.97 Å². The van der Waals surface area contributed by atoms with E-state index in [9.17, 15) is 4.79 Å². The van der Waals surface area contributed by atoms with Crippen LogP contribution in [0.4, 0.5) is 0 Å². The summed E-state index contributed by atoms with van der Waals surface area (Å²) in [4.78, 5) is 23.3. The van der Waals surface area contributed by atoms with Gasteiger partial charge in [-0.05, 0) is 56.2 Å². The van der Waals surface area contributed by atoms with Crippen molar-refractivity contribution in [2.75, 3.05) is 0 Å². The van der Waals surface area contributed by atoms with E-state index in [1.54, 1.807) is 0 Å². The van der Waals surface area contributed by atoms with Crippen molar-refractivity contribution in [3.63, 3.8) is 0 Å². The number of hydrogen-bond acceptors (Lipinski definition) is 4. The van der Waals surface area contributed by atoms with Gasteiger partial charge in [0.25, 0.3) is 0 Å². The molecule has 1 aliphatic heterocycles. The third-order valence-corrected chi connectivity index (χ3v) is 8.86. The van der Waals surface area contributed by atoms with Gasteiger partial charge in [0.05, 0.1) is 22.1 Å². The quantitative estimate of drug-likeness (QED) is 0.143. The Morgan fingerprint density at radius 1 is 0.895 bits per heavy atom. The molecular weight excluding hydrogens is 468 g/mol. The Hall–Kier alpha value is -3.79. The molecule has 4 aromatic carbocycles. The second-order valence-corrected chi connectivity index (χ2v) is 11.8. The minimum absolute atomic E-state index is 0.107. The van der Waals surface area contributed by atoms with Crippen LogP contribution in [0, 0.1) is 11.8 Å². The zero-order valence-electron chi connectivity index (χ0n) is 22.2. The first-order chi connectivity index (χ1) is 18.4. The molecule has 0 saturated heterocycles. The third kappa shape index (κ3) is 3.69. The molecule has 2 aliphatic rings. The number of benzene rings is 4. The van der Waals surface area contributed by atoms with Gasteiger partial charge in [-0.1, -0.05) is 74.0 Å². The lowest BCUT2D eigenvalue weighted by atomic mass is 9.64. The molecule has 0 bridgehead atoms. The van der Waals surface area contributed by atoms with Crippen LogP contribution in [-0.2, 0) is 6.42 Å². The number of carbonyl (C=O) groups excluding carboxylic acids is 1. The van der Waals surface area contributed by atoms with Crippen molar-refractivity contribution in [1.82, 2.24) is 9.97 Å². The molecule has 3 atom stereocenters. The number of ketones is 1. The standard InChI is InChI=1S/C34H32N2O2/c1-20-13-15-26-25(17-20)30-32-31(23-11-7-8-12-24(23)33(30)38-34(26,2)3)36-28-18-21(14-16-27(28)35-32)19-29(37)22-9-5-4-6-10-22/h4-12,14,16,18,20,25-26H,13,15,17,19H2,1-3H3. The summed E-state index contributed by atoms with van der Waals surface area (Å²) in [5, 5.41) is 2.18. The number of ether oxygens (including phenoxy) is 1. The van der Waals surface area contributed by atoms with E-state index in [4.69, 9.17) is 14.7 Å². The summed E-state index contributed by atoms with van der Waals surface area (Å²) in [6.45, 7) is 6.89. The highest BCUT2D eigenvalue weighted by Crippen LogP contribution is 2.56. The molecule has 4 nitrogen and oxygen atoms in total. The van der Waals surface area contributed by atoms with Gasteiger partial charge in [-0.15, -0.1) is 0 Å². The number of aromatic nitrogens is 2. The first-order valence-corrected chi connectivity index (χ1v) is 13.8. The highest BCUT2D eigenvalue weighted by Gasteiger charge is 2.47. The smallest absolute Gasteiger partial charge is 0.167 e. The van der Waals surface area contributed by atoms with E-state index < -0.39 is 0 Å². The van der Waals surface area contributed by atoms with Crippen molar-refractivity contribution in [2.45, 2.75) is 58.0 Å². The number of rotatable bonds is 3. The van der Waals surface area contributed by atoms with Crippen LogP contribution in [0.1, 0.15) is 67.4 Å². The van der Waals surface area contributed by atoms with E-state index in [1.807, 2.05) is 48.5 Å². The van der Waals surface area contributed by atoms with Crippen molar-refractivity contribution in [3.8, 4) is 5.75 Å². The van der Waals surface area contributed by atoms with Crippen molar-refractivity contribution in [1.29, 1.82) is 0 Å². The summed E-state index contributed by atoms with van der Waals surface area (Å²) in [6, 6.07) is 24.0. The van der Waals surface area contributed by atoms with Crippen molar-refractivity contribution >= 4 is 38.6 Å². The monoisotopic (exact) mass is 500 g/mol. The average molecular weight is 501 g/mol. The SMILES string of the molecule is CC1CCC2C(C1)c1c(c3ccccc3c3nc4cc(CC(=O)c5ccccc5)ccc4nc13)OC2(C)C. The van der Waals surface area contributed by atoms with Gasteiger partial charge in [0.1, 0.15) is 11.4 Å². The lowest BCUT2D eigenvalue weighted by Gasteiger charge is -2.49. The van der Waals surface area contributed by atoms with Crippen molar-refractivity contribution < 1.29 is 9.53 Å². The van der Waals surface area contributed by atoms with Gasteiger partial charge in [-0.2, -0.15) is 0 Å². The lowest BCUT2D eigenvalue weighted by Crippen LogP contribution is -2.46. The fourth-order valence-corrected chi connectivity index (χ4v) is 6.96. The van der Waals surface area contributed by atoms with E-state index in [2.05, 4.69) is 45.0 Å². The van der Waals surface area contributed by atoms with Crippen LogP contribution in [0.3, 0.4) is 0 Å². The fourth-order valence-electron chi connectivity index (χ4n) is 6.96. The summed E-state index contributed by atoms with van der Waals surface area (Å²) in [7, 11) is 0. The Labute approximate surface area is 223 Å². The normalized spacial score (nSPS) is 22.1. The summed E-state index contributed by atoms with van der Waals surface area (Å²) in [6.07, 6.45) is 3.91. The van der Waals surface area contributed by atoms with Crippen LogP contribution >= 0.6 is 0 Å². The molecule has 0 N–H and O–H groups in total. The van der Waals surface area contributed by atoms with E-state index in [1.165, 1.54) is 18.4 Å². The molecule has 1 aromatic heterocycles. The minimum atomic E-state index is -0.223. The zero-order chi connectivity index (χ0) is 26.0. The van der Waals surface area contributed by atoms with Gasteiger partial charge in [0.15, 0.2) is 5.78 Å². The van der Waals surface area contributed by atoms with Crippen LogP contribution in [0.25, 0.3) is 32.8 Å². The highest BCUT2D eigenvalue weighted by atomic mass is 16.5. The number of nitrogens with zero attached hydrogens (tertiary/aromatic N) is 2. The number of fused-ring (bicyclic) bond motifs is 9. The van der Waals surface area contributed by atoms with Gasteiger partial charge >= 0.3 is 0 Å². The Bertz CT molecular complexity index is 1720. The molecule has 7 rings (SSSR count). The van der Waals surface area contributed by atoms with Gasteiger partial charge in [0.2, 0.25) is 0 Å². The van der Waals surface area contributed by atoms with Crippen LogP contribution < -0.4 is 4.74 Å². The van der Waals surface area contributed by atoms with Gasteiger partial charge in [0, 0.05) is 34.2 Å². The summed E-state index contributed by atoms with van der Waals surface area (Å²) < 4.78 is 6.86. The third-order valence-electron chi connectivity index (χ3n) is 8.86. The molecule has 2 heterocycles. The number of Topliss-reactive ketones (excluding diaryl/α,β-unsaturated/α-hetero) is 1. The molecule has 0 spiro atoms. The molecule has 1 fully saturated rings. The Morgan fingerprint density at radius 3 is 2.45 bits per heavy atom. The first kappa shape index (κ1) is 23.3. The zero-order valence-corrected chi connectivity index (χ0v) is 22.2. The number of carbonyl (C=O) groups is 1. The average Bonchev–Trinajstić information content (AvgIpc) is 2.92. The second-order valence-electron chi connectivity index (χ2n) is 11.8. The van der Waals surface area contributed by atoms with Crippen molar-refractivity contribution in [2.24, 2.45) is 11.8 Å². The van der Waals surface area contributed by atoms with Crippen LogP contribution in [0.2, 0.25) is 0 Å². The molecule has 0 amide bonds. The fraction of sp³-hybridized carbons (Fsp3) is 0.324. The Kier molecular flexibility index (Phi) is 5.30. The van der Waals surface area contributed by atoms with Crippen LogP contribution in [0.5, 0.6) is 5.75 Å².